The predicted octanol–water partition coefficient (Wildman–Crippen LogP) is 2.35. The van der Waals surface area contributed by atoms with E-state index in [-0.39, 0.29) is 11.7 Å². The lowest BCUT2D eigenvalue weighted by molar-refractivity contribution is 0.0600. The molecule has 9 heteroatoms. The summed E-state index contributed by atoms with van der Waals surface area (Å²) in [5.41, 5.74) is 1.21. The second kappa shape index (κ2) is 8.58. The van der Waals surface area contributed by atoms with Gasteiger partial charge in [-0.2, -0.15) is 4.98 Å². The number of hydrogen-bond donors (Lipinski definition) is 0. The summed E-state index contributed by atoms with van der Waals surface area (Å²) in [6.07, 6.45) is 5.21. The molecule has 1 atom stereocenters. The molecule has 1 aromatic carbocycles. The topological polar surface area (TPSA) is 103 Å². The van der Waals surface area contributed by atoms with Crippen LogP contribution in [0.5, 0.6) is 0 Å². The number of imidazole rings is 1. The van der Waals surface area contributed by atoms with Gasteiger partial charge in [0.15, 0.2) is 5.82 Å². The Morgan fingerprint density at radius 2 is 2.07 bits per heavy atom. The highest BCUT2D eigenvalue weighted by Gasteiger charge is 2.29. The summed E-state index contributed by atoms with van der Waals surface area (Å²) in [5.74, 6) is 1.04. The van der Waals surface area contributed by atoms with Crippen LogP contribution in [-0.4, -0.2) is 56.5 Å². The maximum atomic E-state index is 12.8. The number of Topliss-reactive ketones (excluding diaryl/α,β-unsaturated/α-hetero) is 1. The molecule has 1 saturated heterocycles. The lowest BCUT2D eigenvalue weighted by atomic mass is 9.93. The first-order valence-corrected chi connectivity index (χ1v) is 9.80. The van der Waals surface area contributed by atoms with Gasteiger partial charge in [0.2, 0.25) is 17.5 Å². The summed E-state index contributed by atoms with van der Waals surface area (Å²) in [5, 5.41) is 4.04. The smallest absolute Gasteiger partial charge is 0.337 e. The van der Waals surface area contributed by atoms with Crippen molar-refractivity contribution in [3.05, 3.63) is 53.9 Å². The average molecular weight is 409 g/mol. The Labute approximate surface area is 173 Å². The Kier molecular flexibility index (Phi) is 5.71. The molecule has 4 rings (SSSR count). The molecular formula is C21H23N5O4. The zero-order chi connectivity index (χ0) is 21.1. The van der Waals surface area contributed by atoms with Crippen molar-refractivity contribution in [2.24, 2.45) is 13.0 Å². The van der Waals surface area contributed by atoms with Crippen molar-refractivity contribution in [2.75, 3.05) is 20.2 Å². The van der Waals surface area contributed by atoms with Gasteiger partial charge in [0.05, 0.1) is 19.2 Å². The second-order valence-corrected chi connectivity index (χ2v) is 7.38. The number of carbonyl (C=O) groups is 2. The summed E-state index contributed by atoms with van der Waals surface area (Å²) in [6.45, 7) is 1.99. The summed E-state index contributed by atoms with van der Waals surface area (Å²) in [6, 6.07) is 6.83. The van der Waals surface area contributed by atoms with Crippen molar-refractivity contribution in [1.82, 2.24) is 24.6 Å². The van der Waals surface area contributed by atoms with E-state index in [1.54, 1.807) is 41.2 Å². The zero-order valence-electron chi connectivity index (χ0n) is 16.9. The van der Waals surface area contributed by atoms with Gasteiger partial charge in [0, 0.05) is 37.5 Å². The Morgan fingerprint density at radius 1 is 1.27 bits per heavy atom. The van der Waals surface area contributed by atoms with Crippen LogP contribution in [0.15, 0.2) is 41.2 Å². The van der Waals surface area contributed by atoms with Gasteiger partial charge in [-0.05, 0) is 31.5 Å². The van der Waals surface area contributed by atoms with Crippen molar-refractivity contribution < 1.29 is 18.8 Å². The summed E-state index contributed by atoms with van der Waals surface area (Å²) >= 11 is 0. The van der Waals surface area contributed by atoms with Crippen molar-refractivity contribution in [3.63, 3.8) is 0 Å². The lowest BCUT2D eigenvalue weighted by Gasteiger charge is -2.30. The van der Waals surface area contributed by atoms with Crippen molar-refractivity contribution in [3.8, 4) is 11.4 Å². The number of methoxy groups -OCH3 is 1. The van der Waals surface area contributed by atoms with E-state index in [1.165, 1.54) is 7.11 Å². The predicted molar refractivity (Wildman–Crippen MR) is 107 cm³/mol. The number of benzene rings is 1. The van der Waals surface area contributed by atoms with Gasteiger partial charge in [-0.15, -0.1) is 0 Å². The van der Waals surface area contributed by atoms with Gasteiger partial charge >= 0.3 is 5.97 Å². The molecule has 1 unspecified atom stereocenters. The monoisotopic (exact) mass is 409 g/mol. The average Bonchev–Trinajstić information content (AvgIpc) is 3.42. The van der Waals surface area contributed by atoms with Crippen LogP contribution in [0.4, 0.5) is 0 Å². The number of rotatable bonds is 6. The summed E-state index contributed by atoms with van der Waals surface area (Å²) in [4.78, 5) is 35.1. The fraction of sp³-hybridized carbons (Fsp3) is 0.381. The van der Waals surface area contributed by atoms with Crippen molar-refractivity contribution in [1.29, 1.82) is 0 Å². The molecule has 1 aliphatic rings. The Hall–Kier alpha value is -3.33. The molecule has 9 nitrogen and oxygen atoms in total. The molecule has 0 N–H and O–H groups in total. The van der Waals surface area contributed by atoms with Crippen molar-refractivity contribution >= 4 is 11.8 Å². The number of aryl methyl sites for hydroxylation is 1. The van der Waals surface area contributed by atoms with Gasteiger partial charge in [-0.25, -0.2) is 9.78 Å². The standard InChI is InChI=1S/C21H23N5O4/c1-25-11-9-22-20(25)18(27)16-4-3-10-26(12-16)13-17-23-19(24-30-17)14-5-7-15(8-6-14)21(28)29-2/h5-9,11,16H,3-4,10,12-13H2,1-2H3. The number of ether oxygens (including phenoxy) is 1. The molecule has 0 amide bonds. The summed E-state index contributed by atoms with van der Waals surface area (Å²) < 4.78 is 11.9. The Morgan fingerprint density at radius 3 is 2.77 bits per heavy atom. The molecule has 30 heavy (non-hydrogen) atoms. The van der Waals surface area contributed by atoms with E-state index in [0.29, 0.717) is 36.2 Å². The van der Waals surface area contributed by atoms with Gasteiger partial charge in [0.1, 0.15) is 0 Å². The molecule has 3 aromatic rings. The van der Waals surface area contributed by atoms with Crippen molar-refractivity contribution in [2.45, 2.75) is 19.4 Å². The first-order valence-electron chi connectivity index (χ1n) is 9.80. The number of aromatic nitrogens is 4. The largest absolute Gasteiger partial charge is 0.465 e. The van der Waals surface area contributed by atoms with Crippen LogP contribution in [-0.2, 0) is 18.3 Å². The van der Waals surface area contributed by atoms with Gasteiger partial charge in [-0.3, -0.25) is 9.69 Å². The number of ketones is 1. The number of hydrogen-bond acceptors (Lipinski definition) is 8. The van der Waals surface area contributed by atoms with Crippen LogP contribution in [0.1, 0.15) is 39.7 Å². The molecule has 3 heterocycles. The maximum Gasteiger partial charge on any atom is 0.337 e. The fourth-order valence-corrected chi connectivity index (χ4v) is 3.70. The minimum atomic E-state index is -0.393. The molecule has 0 saturated carbocycles. The SMILES string of the molecule is COC(=O)c1ccc(-c2noc(CN3CCCC(C(=O)c4nccn4C)C3)n2)cc1. The van der Waals surface area contributed by atoms with Crippen LogP contribution >= 0.6 is 0 Å². The Balaban J connectivity index is 1.40. The normalized spacial score (nSPS) is 17.1. The molecule has 1 aliphatic heterocycles. The van der Waals surface area contributed by atoms with Gasteiger partial charge in [-0.1, -0.05) is 17.3 Å². The number of likely N-dealkylation sites (tertiary alicyclic amines) is 1. The third-order valence-electron chi connectivity index (χ3n) is 5.31. The molecule has 0 aliphatic carbocycles. The van der Waals surface area contributed by atoms with Crippen LogP contribution in [0.2, 0.25) is 0 Å². The zero-order valence-corrected chi connectivity index (χ0v) is 16.9. The molecular weight excluding hydrogens is 386 g/mol. The molecule has 2 aromatic heterocycles. The molecule has 0 spiro atoms. The number of nitrogens with zero attached hydrogens (tertiary/aromatic N) is 5. The fourth-order valence-electron chi connectivity index (χ4n) is 3.70. The summed E-state index contributed by atoms with van der Waals surface area (Å²) in [7, 11) is 3.18. The van der Waals surface area contributed by atoms with E-state index in [9.17, 15) is 9.59 Å². The van der Waals surface area contributed by atoms with Crippen LogP contribution in [0, 0.1) is 5.92 Å². The Bertz CT molecular complexity index is 1040. The van der Waals surface area contributed by atoms with E-state index in [1.807, 2.05) is 7.05 Å². The minimum Gasteiger partial charge on any atom is -0.465 e. The number of esters is 1. The molecule has 1 fully saturated rings. The highest BCUT2D eigenvalue weighted by Crippen LogP contribution is 2.23. The van der Waals surface area contributed by atoms with Gasteiger partial charge < -0.3 is 13.8 Å². The first kappa shape index (κ1) is 20.0. The third kappa shape index (κ3) is 4.16. The van der Waals surface area contributed by atoms with Crippen LogP contribution in [0.3, 0.4) is 0 Å². The third-order valence-corrected chi connectivity index (χ3v) is 5.31. The minimum absolute atomic E-state index is 0.0733. The molecule has 0 bridgehead atoms. The second-order valence-electron chi connectivity index (χ2n) is 7.38. The van der Waals surface area contributed by atoms with E-state index < -0.39 is 5.97 Å². The van der Waals surface area contributed by atoms with Crippen LogP contribution in [0.25, 0.3) is 11.4 Å². The van der Waals surface area contributed by atoms with E-state index >= 15 is 0 Å². The lowest BCUT2D eigenvalue weighted by Crippen LogP contribution is -2.39. The maximum absolute atomic E-state index is 12.8. The highest BCUT2D eigenvalue weighted by atomic mass is 16.5. The number of carbonyl (C=O) groups excluding carboxylic acids is 2. The first-order chi connectivity index (χ1) is 14.5. The molecule has 156 valence electrons. The quantitative estimate of drug-likeness (QED) is 0.451. The number of piperidine rings is 1. The van der Waals surface area contributed by atoms with E-state index in [2.05, 4.69) is 20.0 Å². The van der Waals surface area contributed by atoms with E-state index in [4.69, 9.17) is 9.26 Å². The van der Waals surface area contributed by atoms with Crippen LogP contribution < -0.4 is 0 Å². The highest BCUT2D eigenvalue weighted by molar-refractivity contribution is 5.95. The van der Waals surface area contributed by atoms with E-state index in [0.717, 1.165) is 24.9 Å². The van der Waals surface area contributed by atoms with Gasteiger partial charge in [0.25, 0.3) is 0 Å². The molecule has 0 radical (unpaired) electrons.